The Morgan fingerprint density at radius 2 is 2.17 bits per heavy atom. The Hall–Kier alpha value is -0.470. The largest absolute Gasteiger partial charge is 0.383 e. The van der Waals surface area contributed by atoms with E-state index in [9.17, 15) is 8.42 Å². The van der Waals surface area contributed by atoms with E-state index in [0.29, 0.717) is 36.9 Å². The maximum atomic E-state index is 12.3. The van der Waals surface area contributed by atoms with Gasteiger partial charge in [-0.05, 0) is 25.1 Å². The normalized spacial score (nSPS) is 12.2. The predicted octanol–water partition coefficient (Wildman–Crippen LogP) is 0.906. The third kappa shape index (κ3) is 3.76. The standard InChI is InChI=1S/C11H20N2O3S2/c1-3-13(8-9-16-2)18(14,15)11-5-4-10(17-11)6-7-12/h4-5H,3,6-9,12H2,1-2H3. The van der Waals surface area contributed by atoms with Crippen molar-refractivity contribution in [3.63, 3.8) is 0 Å². The third-order valence-electron chi connectivity index (χ3n) is 2.52. The summed E-state index contributed by atoms with van der Waals surface area (Å²) in [6.07, 6.45) is 0.713. The Morgan fingerprint density at radius 1 is 1.44 bits per heavy atom. The minimum Gasteiger partial charge on any atom is -0.383 e. The van der Waals surface area contributed by atoms with Gasteiger partial charge in [-0.1, -0.05) is 6.92 Å². The van der Waals surface area contributed by atoms with Crippen molar-refractivity contribution in [2.24, 2.45) is 5.73 Å². The quantitative estimate of drug-likeness (QED) is 0.773. The fraction of sp³-hybridized carbons (Fsp3) is 0.636. The van der Waals surface area contributed by atoms with Crippen LogP contribution < -0.4 is 5.73 Å². The minimum atomic E-state index is -3.39. The summed E-state index contributed by atoms with van der Waals surface area (Å²) in [4.78, 5) is 0.999. The maximum Gasteiger partial charge on any atom is 0.252 e. The molecule has 0 spiro atoms. The molecule has 0 saturated heterocycles. The van der Waals surface area contributed by atoms with E-state index in [0.717, 1.165) is 4.88 Å². The molecule has 2 N–H and O–H groups in total. The number of hydrogen-bond acceptors (Lipinski definition) is 5. The number of likely N-dealkylation sites (N-methyl/N-ethyl adjacent to an activating group) is 1. The highest BCUT2D eigenvalue weighted by Crippen LogP contribution is 2.24. The molecule has 0 aromatic carbocycles. The summed E-state index contributed by atoms with van der Waals surface area (Å²) < 4.78 is 31.4. The highest BCUT2D eigenvalue weighted by molar-refractivity contribution is 7.91. The molecule has 0 aliphatic carbocycles. The van der Waals surface area contributed by atoms with Crippen LogP contribution >= 0.6 is 11.3 Å². The topological polar surface area (TPSA) is 72.6 Å². The van der Waals surface area contributed by atoms with E-state index in [1.165, 1.54) is 15.6 Å². The van der Waals surface area contributed by atoms with E-state index in [1.54, 1.807) is 13.2 Å². The van der Waals surface area contributed by atoms with E-state index in [4.69, 9.17) is 10.5 Å². The lowest BCUT2D eigenvalue weighted by Crippen LogP contribution is -2.33. The number of thiophene rings is 1. The molecular weight excluding hydrogens is 272 g/mol. The Labute approximate surface area is 113 Å². The van der Waals surface area contributed by atoms with Crippen LogP contribution in [0.2, 0.25) is 0 Å². The molecule has 0 unspecified atom stereocenters. The molecule has 1 heterocycles. The second-order valence-electron chi connectivity index (χ2n) is 3.75. The van der Waals surface area contributed by atoms with Gasteiger partial charge in [-0.15, -0.1) is 11.3 Å². The van der Waals surface area contributed by atoms with Gasteiger partial charge in [0.1, 0.15) is 4.21 Å². The number of ether oxygens (including phenoxy) is 1. The van der Waals surface area contributed by atoms with Gasteiger partial charge in [0.2, 0.25) is 0 Å². The van der Waals surface area contributed by atoms with Gasteiger partial charge in [-0.2, -0.15) is 4.31 Å². The molecule has 1 rings (SSSR count). The lowest BCUT2D eigenvalue weighted by atomic mass is 10.3. The van der Waals surface area contributed by atoms with Gasteiger partial charge >= 0.3 is 0 Å². The molecule has 0 radical (unpaired) electrons. The van der Waals surface area contributed by atoms with Crippen LogP contribution in [0.1, 0.15) is 11.8 Å². The number of sulfonamides is 1. The lowest BCUT2D eigenvalue weighted by Gasteiger charge is -2.18. The van der Waals surface area contributed by atoms with Crippen LogP contribution in [0.3, 0.4) is 0 Å². The van der Waals surface area contributed by atoms with Gasteiger partial charge in [-0.3, -0.25) is 0 Å². The van der Waals surface area contributed by atoms with Crippen LogP contribution in [0.4, 0.5) is 0 Å². The van der Waals surface area contributed by atoms with Crippen LogP contribution in [0, 0.1) is 0 Å². The maximum absolute atomic E-state index is 12.3. The van der Waals surface area contributed by atoms with Gasteiger partial charge in [0, 0.05) is 25.1 Å². The number of rotatable bonds is 8. The molecule has 0 fully saturated rings. The fourth-order valence-corrected chi connectivity index (χ4v) is 4.50. The Balaban J connectivity index is 2.88. The molecule has 1 aromatic rings. The van der Waals surface area contributed by atoms with Crippen molar-refractivity contribution in [2.75, 3.05) is 33.4 Å². The van der Waals surface area contributed by atoms with Crippen molar-refractivity contribution in [1.29, 1.82) is 0 Å². The molecule has 0 aliphatic heterocycles. The summed E-state index contributed by atoms with van der Waals surface area (Å²) in [6.45, 7) is 3.56. The van der Waals surface area contributed by atoms with Gasteiger partial charge in [0.25, 0.3) is 10.0 Å². The van der Waals surface area contributed by atoms with E-state index in [2.05, 4.69) is 0 Å². The van der Waals surface area contributed by atoms with Crippen LogP contribution in [0.15, 0.2) is 16.3 Å². The summed E-state index contributed by atoms with van der Waals surface area (Å²) in [7, 11) is -1.83. The van der Waals surface area contributed by atoms with Crippen LogP contribution in [-0.4, -0.2) is 46.1 Å². The second-order valence-corrected chi connectivity index (χ2v) is 7.08. The van der Waals surface area contributed by atoms with Crippen molar-refractivity contribution in [1.82, 2.24) is 4.31 Å². The first-order valence-electron chi connectivity index (χ1n) is 5.84. The van der Waals surface area contributed by atoms with Gasteiger partial charge < -0.3 is 10.5 Å². The molecule has 0 saturated carbocycles. The van der Waals surface area contributed by atoms with Gasteiger partial charge in [0.05, 0.1) is 6.61 Å². The van der Waals surface area contributed by atoms with Crippen molar-refractivity contribution in [2.45, 2.75) is 17.6 Å². The number of methoxy groups -OCH3 is 1. The summed E-state index contributed by atoms with van der Waals surface area (Å²) in [5.41, 5.74) is 5.46. The lowest BCUT2D eigenvalue weighted by molar-refractivity contribution is 0.180. The molecule has 0 atom stereocenters. The summed E-state index contributed by atoms with van der Waals surface area (Å²) in [5, 5.41) is 0. The zero-order valence-electron chi connectivity index (χ0n) is 10.8. The van der Waals surface area contributed by atoms with Crippen molar-refractivity contribution >= 4 is 21.4 Å². The average molecular weight is 292 g/mol. The number of nitrogens with zero attached hydrogens (tertiary/aromatic N) is 1. The van der Waals surface area contributed by atoms with Crippen LogP contribution in [0.25, 0.3) is 0 Å². The van der Waals surface area contributed by atoms with E-state index < -0.39 is 10.0 Å². The van der Waals surface area contributed by atoms with Crippen molar-refractivity contribution in [3.8, 4) is 0 Å². The highest BCUT2D eigenvalue weighted by atomic mass is 32.2. The third-order valence-corrected chi connectivity index (χ3v) is 6.11. The zero-order chi connectivity index (χ0) is 13.6. The summed E-state index contributed by atoms with van der Waals surface area (Å²) >= 11 is 1.29. The first kappa shape index (κ1) is 15.6. The van der Waals surface area contributed by atoms with Crippen molar-refractivity contribution < 1.29 is 13.2 Å². The molecule has 18 heavy (non-hydrogen) atoms. The zero-order valence-corrected chi connectivity index (χ0v) is 12.4. The van der Waals surface area contributed by atoms with E-state index in [1.807, 2.05) is 13.0 Å². The number of nitrogens with two attached hydrogens (primary N) is 1. The minimum absolute atomic E-state index is 0.374. The summed E-state index contributed by atoms with van der Waals surface area (Å²) in [5.74, 6) is 0. The molecule has 104 valence electrons. The number of hydrogen-bond donors (Lipinski definition) is 1. The Kier molecular flexibility index (Phi) is 6.24. The SMILES string of the molecule is CCN(CCOC)S(=O)(=O)c1ccc(CCN)s1. The average Bonchev–Trinajstić information content (AvgIpc) is 2.79. The predicted molar refractivity (Wildman–Crippen MR) is 73.4 cm³/mol. The van der Waals surface area contributed by atoms with Gasteiger partial charge in [0.15, 0.2) is 0 Å². The van der Waals surface area contributed by atoms with Crippen molar-refractivity contribution in [3.05, 3.63) is 17.0 Å². The first-order chi connectivity index (χ1) is 8.56. The molecule has 0 amide bonds. The van der Waals surface area contributed by atoms with Crippen LogP contribution in [0.5, 0.6) is 0 Å². The fourth-order valence-electron chi connectivity index (χ4n) is 1.54. The van der Waals surface area contributed by atoms with E-state index >= 15 is 0 Å². The molecule has 7 heteroatoms. The molecule has 0 bridgehead atoms. The molecule has 5 nitrogen and oxygen atoms in total. The van der Waals surface area contributed by atoms with Gasteiger partial charge in [-0.25, -0.2) is 8.42 Å². The Morgan fingerprint density at radius 3 is 2.72 bits per heavy atom. The first-order valence-corrected chi connectivity index (χ1v) is 8.09. The summed E-state index contributed by atoms with van der Waals surface area (Å²) in [6, 6.07) is 3.48. The van der Waals surface area contributed by atoms with E-state index in [-0.39, 0.29) is 0 Å². The molecule has 1 aromatic heterocycles. The second kappa shape index (κ2) is 7.20. The highest BCUT2D eigenvalue weighted by Gasteiger charge is 2.24. The smallest absolute Gasteiger partial charge is 0.252 e. The molecule has 0 aliphatic rings. The Bertz CT molecular complexity index is 457. The molecular formula is C11H20N2O3S2. The van der Waals surface area contributed by atoms with Crippen LogP contribution in [-0.2, 0) is 21.2 Å². The monoisotopic (exact) mass is 292 g/mol.